The fraction of sp³-hybridized carbons (Fsp3) is 0.640. The molecule has 0 spiro atoms. The number of amides is 2. The zero-order valence-corrected chi connectivity index (χ0v) is 18.3. The molecule has 31 heavy (non-hydrogen) atoms. The van der Waals surface area contributed by atoms with Gasteiger partial charge < -0.3 is 15.0 Å². The van der Waals surface area contributed by atoms with Gasteiger partial charge in [0.1, 0.15) is 6.04 Å². The highest BCUT2D eigenvalue weighted by atomic mass is 16.5. The van der Waals surface area contributed by atoms with Crippen LogP contribution in [0, 0.1) is 30.1 Å². The van der Waals surface area contributed by atoms with Crippen LogP contribution in [-0.4, -0.2) is 41.9 Å². The molecule has 6 rings (SSSR count). The molecule has 6 heteroatoms. The van der Waals surface area contributed by atoms with Gasteiger partial charge in [-0.15, -0.1) is 0 Å². The Morgan fingerprint density at radius 3 is 2.35 bits per heavy atom. The fourth-order valence-corrected chi connectivity index (χ4v) is 7.06. The van der Waals surface area contributed by atoms with E-state index in [-0.39, 0.29) is 23.8 Å². The maximum atomic E-state index is 13.7. The summed E-state index contributed by atoms with van der Waals surface area (Å²) in [6.45, 7) is 2.20. The second kappa shape index (κ2) is 7.95. The maximum absolute atomic E-state index is 13.7. The Balaban J connectivity index is 1.20. The highest BCUT2D eigenvalue weighted by Crippen LogP contribution is 2.60. The van der Waals surface area contributed by atoms with Crippen LogP contribution in [0.25, 0.3) is 0 Å². The molecule has 1 N–H and O–H groups in total. The molecule has 166 valence electrons. The van der Waals surface area contributed by atoms with Crippen LogP contribution in [0.5, 0.6) is 0 Å². The van der Waals surface area contributed by atoms with Gasteiger partial charge in [0, 0.05) is 12.2 Å². The zero-order chi connectivity index (χ0) is 21.6. The lowest BCUT2D eigenvalue weighted by molar-refractivity contribution is -0.165. The third-order valence-electron chi connectivity index (χ3n) is 8.04. The molecule has 4 aliphatic carbocycles. The summed E-state index contributed by atoms with van der Waals surface area (Å²) in [4.78, 5) is 40.5. The number of likely N-dealkylation sites (tertiary alicyclic amines) is 1. The molecule has 2 amide bonds. The van der Waals surface area contributed by atoms with Crippen LogP contribution in [0.4, 0.5) is 5.69 Å². The lowest BCUT2D eigenvalue weighted by Gasteiger charge is -2.56. The van der Waals surface area contributed by atoms with Gasteiger partial charge in [0.15, 0.2) is 6.61 Å². The highest BCUT2D eigenvalue weighted by Gasteiger charge is 2.57. The van der Waals surface area contributed by atoms with Crippen molar-refractivity contribution in [2.45, 2.75) is 64.3 Å². The van der Waals surface area contributed by atoms with E-state index in [4.69, 9.17) is 4.74 Å². The third kappa shape index (κ3) is 3.85. The van der Waals surface area contributed by atoms with Crippen LogP contribution in [0.2, 0.25) is 0 Å². The van der Waals surface area contributed by atoms with Crippen molar-refractivity contribution >= 4 is 23.5 Å². The van der Waals surface area contributed by atoms with Gasteiger partial charge >= 0.3 is 5.97 Å². The van der Waals surface area contributed by atoms with Gasteiger partial charge in [-0.05, 0) is 87.7 Å². The lowest BCUT2D eigenvalue weighted by atomic mass is 9.49. The average molecular weight is 425 g/mol. The number of nitrogens with zero attached hydrogens (tertiary/aromatic N) is 1. The van der Waals surface area contributed by atoms with Gasteiger partial charge in [-0.3, -0.25) is 9.59 Å². The van der Waals surface area contributed by atoms with Crippen LogP contribution in [0.3, 0.4) is 0 Å². The summed E-state index contributed by atoms with van der Waals surface area (Å²) < 4.78 is 5.35. The molecule has 6 nitrogen and oxygen atoms in total. The number of ether oxygens (including phenoxy) is 1. The number of aryl methyl sites for hydroxylation is 1. The van der Waals surface area contributed by atoms with E-state index in [0.29, 0.717) is 36.4 Å². The second-order valence-electron chi connectivity index (χ2n) is 10.3. The quantitative estimate of drug-likeness (QED) is 0.732. The van der Waals surface area contributed by atoms with E-state index in [1.165, 1.54) is 19.3 Å². The second-order valence-corrected chi connectivity index (χ2v) is 10.3. The van der Waals surface area contributed by atoms with Crippen molar-refractivity contribution in [2.24, 2.45) is 23.2 Å². The minimum Gasteiger partial charge on any atom is -0.454 e. The molecule has 0 unspecified atom stereocenters. The summed E-state index contributed by atoms with van der Waals surface area (Å²) >= 11 is 0. The molecule has 1 aliphatic heterocycles. The molecule has 5 aliphatic rings. The Labute approximate surface area is 183 Å². The molecule has 1 atom stereocenters. The van der Waals surface area contributed by atoms with E-state index in [1.54, 1.807) is 4.90 Å². The summed E-state index contributed by atoms with van der Waals surface area (Å²) in [6, 6.07) is 6.93. The van der Waals surface area contributed by atoms with E-state index in [1.807, 2.05) is 31.2 Å². The number of anilines is 1. The summed E-state index contributed by atoms with van der Waals surface area (Å²) in [5.41, 5.74) is 1.41. The number of hydrogen-bond donors (Lipinski definition) is 1. The Hall–Kier alpha value is -2.37. The number of rotatable bonds is 5. The molecule has 5 fully saturated rings. The summed E-state index contributed by atoms with van der Waals surface area (Å²) in [5.74, 6) is 1.43. The standard InChI is InChI=1S/C25H32N2O4/c1-16-5-2-3-6-20(16)26-22(28)15-31-23(29)21-7-4-8-27(21)24(30)25-12-17-9-18(13-25)11-19(10-17)14-25/h2-3,5-6,17-19,21H,4,7-15H2,1H3,(H,26,28)/t17?,18?,19?,21-,25?/m1/s1. The van der Waals surface area contributed by atoms with Gasteiger partial charge in [0.05, 0.1) is 5.41 Å². The average Bonchev–Trinajstić information content (AvgIpc) is 3.22. The van der Waals surface area contributed by atoms with Crippen LogP contribution in [-0.2, 0) is 19.1 Å². The normalized spacial score (nSPS) is 33.4. The molecule has 1 heterocycles. The number of hydrogen-bond acceptors (Lipinski definition) is 4. The van der Waals surface area contributed by atoms with Crippen molar-refractivity contribution in [1.29, 1.82) is 0 Å². The Kier molecular flexibility index (Phi) is 5.27. The van der Waals surface area contributed by atoms with Crippen molar-refractivity contribution < 1.29 is 19.1 Å². The lowest BCUT2D eigenvalue weighted by Crippen LogP contribution is -2.56. The monoisotopic (exact) mass is 424 g/mol. The number of esters is 1. The van der Waals surface area contributed by atoms with E-state index < -0.39 is 12.0 Å². The topological polar surface area (TPSA) is 75.7 Å². The number of nitrogens with one attached hydrogen (secondary N) is 1. The van der Waals surface area contributed by atoms with Crippen molar-refractivity contribution in [3.8, 4) is 0 Å². The van der Waals surface area contributed by atoms with Gasteiger partial charge in [-0.25, -0.2) is 4.79 Å². The number of benzene rings is 1. The summed E-state index contributed by atoms with van der Waals surface area (Å²) in [7, 11) is 0. The molecule has 1 aromatic rings. The summed E-state index contributed by atoms with van der Waals surface area (Å²) in [5, 5.41) is 2.78. The highest BCUT2D eigenvalue weighted by molar-refractivity contribution is 5.94. The molecule has 0 aromatic heterocycles. The SMILES string of the molecule is Cc1ccccc1NC(=O)COC(=O)[C@H]1CCCN1C(=O)C12CC3CC(CC(C3)C1)C2. The first kappa shape index (κ1) is 20.5. The Morgan fingerprint density at radius 2 is 1.71 bits per heavy atom. The number of para-hydroxylation sites is 1. The number of carbonyl (C=O) groups is 3. The Bertz CT molecular complexity index is 860. The largest absolute Gasteiger partial charge is 0.454 e. The van der Waals surface area contributed by atoms with Gasteiger partial charge in [-0.1, -0.05) is 18.2 Å². The van der Waals surface area contributed by atoms with Gasteiger partial charge in [0.25, 0.3) is 5.91 Å². The maximum Gasteiger partial charge on any atom is 0.329 e. The van der Waals surface area contributed by atoms with Crippen molar-refractivity contribution in [2.75, 3.05) is 18.5 Å². The van der Waals surface area contributed by atoms with Crippen LogP contribution >= 0.6 is 0 Å². The van der Waals surface area contributed by atoms with Crippen LogP contribution in [0.15, 0.2) is 24.3 Å². The predicted octanol–water partition coefficient (Wildman–Crippen LogP) is 3.68. The van der Waals surface area contributed by atoms with Crippen molar-refractivity contribution in [1.82, 2.24) is 4.90 Å². The first-order valence-corrected chi connectivity index (χ1v) is 11.8. The smallest absolute Gasteiger partial charge is 0.329 e. The predicted molar refractivity (Wildman–Crippen MR) is 116 cm³/mol. The molecule has 4 bridgehead atoms. The molecular formula is C25H32N2O4. The minimum absolute atomic E-state index is 0.176. The van der Waals surface area contributed by atoms with E-state index in [9.17, 15) is 14.4 Å². The summed E-state index contributed by atoms with van der Waals surface area (Å²) in [6.07, 6.45) is 8.28. The van der Waals surface area contributed by atoms with E-state index >= 15 is 0 Å². The van der Waals surface area contributed by atoms with Crippen LogP contribution < -0.4 is 5.32 Å². The van der Waals surface area contributed by atoms with Gasteiger partial charge in [0.2, 0.25) is 5.91 Å². The van der Waals surface area contributed by atoms with Crippen LogP contribution in [0.1, 0.15) is 56.9 Å². The zero-order valence-electron chi connectivity index (χ0n) is 18.3. The molecular weight excluding hydrogens is 392 g/mol. The van der Waals surface area contributed by atoms with E-state index in [0.717, 1.165) is 31.2 Å². The van der Waals surface area contributed by atoms with Crippen molar-refractivity contribution in [3.63, 3.8) is 0 Å². The molecule has 0 radical (unpaired) electrons. The van der Waals surface area contributed by atoms with E-state index in [2.05, 4.69) is 5.32 Å². The molecule has 1 saturated heterocycles. The first-order chi connectivity index (χ1) is 14.9. The van der Waals surface area contributed by atoms with Crippen molar-refractivity contribution in [3.05, 3.63) is 29.8 Å². The number of carbonyl (C=O) groups excluding carboxylic acids is 3. The van der Waals surface area contributed by atoms with Gasteiger partial charge in [-0.2, -0.15) is 0 Å². The molecule has 1 aromatic carbocycles. The first-order valence-electron chi connectivity index (χ1n) is 11.8. The minimum atomic E-state index is -0.549. The third-order valence-corrected chi connectivity index (χ3v) is 8.04. The Morgan fingerprint density at radius 1 is 1.06 bits per heavy atom. The molecule has 4 saturated carbocycles. The fourth-order valence-electron chi connectivity index (χ4n) is 7.06.